The third-order valence-corrected chi connectivity index (χ3v) is 5.27. The minimum absolute atomic E-state index is 0.719. The van der Waals surface area contributed by atoms with Crippen LogP contribution >= 0.6 is 34.9 Å². The molecule has 0 bridgehead atoms. The summed E-state index contributed by atoms with van der Waals surface area (Å²) in [6.45, 7) is 1.98. The lowest BCUT2D eigenvalue weighted by Crippen LogP contribution is -1.98. The molecule has 0 N–H and O–H groups in total. The summed E-state index contributed by atoms with van der Waals surface area (Å²) in [6.07, 6.45) is 2.05. The van der Waals surface area contributed by atoms with E-state index in [4.69, 9.17) is 0 Å². The van der Waals surface area contributed by atoms with Crippen molar-refractivity contribution in [2.24, 2.45) is 0 Å². The van der Waals surface area contributed by atoms with E-state index in [0.29, 0.717) is 0 Å². The van der Waals surface area contributed by atoms with E-state index >= 15 is 0 Å². The van der Waals surface area contributed by atoms with Crippen molar-refractivity contribution >= 4 is 34.9 Å². The second kappa shape index (κ2) is 5.94. The van der Waals surface area contributed by atoms with E-state index in [1.54, 1.807) is 27.8 Å². The molecule has 0 saturated carbocycles. The van der Waals surface area contributed by atoms with Crippen molar-refractivity contribution in [2.45, 2.75) is 21.3 Å². The molecule has 102 valence electrons. The quantitative estimate of drug-likeness (QED) is 0.687. The fraction of sp³-hybridized carbons (Fsp3) is 0.167. The van der Waals surface area contributed by atoms with Crippen LogP contribution in [-0.4, -0.2) is 31.4 Å². The summed E-state index contributed by atoms with van der Waals surface area (Å²) in [7, 11) is 0. The number of thiazole rings is 1. The first-order valence-corrected chi connectivity index (χ1v) is 8.71. The highest BCUT2D eigenvalue weighted by molar-refractivity contribution is 8.00. The first kappa shape index (κ1) is 13.6. The molecule has 1 aromatic carbocycles. The van der Waals surface area contributed by atoms with Gasteiger partial charge in [0.1, 0.15) is 0 Å². The fourth-order valence-electron chi connectivity index (χ4n) is 1.59. The van der Waals surface area contributed by atoms with Crippen LogP contribution in [0.25, 0.3) is 5.69 Å². The number of rotatable bonds is 4. The van der Waals surface area contributed by atoms with Gasteiger partial charge in [-0.05, 0) is 59.6 Å². The molecule has 0 amide bonds. The number of hydrogen-bond acceptors (Lipinski definition) is 7. The van der Waals surface area contributed by atoms with Crippen molar-refractivity contribution in [2.75, 3.05) is 6.26 Å². The Kier molecular flexibility index (Phi) is 4.04. The standard InChI is InChI=1S/C12H11N5S3/c1-8-7-19-12(13-8)20-11-14-15-16-17(11)9-3-5-10(18-2)6-4-9/h3-7H,1-2H3. The average molecular weight is 321 g/mol. The number of thioether (sulfide) groups is 1. The Balaban J connectivity index is 1.88. The van der Waals surface area contributed by atoms with Gasteiger partial charge < -0.3 is 0 Å². The normalized spacial score (nSPS) is 10.9. The Hall–Kier alpha value is -1.38. The number of aromatic nitrogens is 5. The summed E-state index contributed by atoms with van der Waals surface area (Å²) in [6, 6.07) is 8.14. The van der Waals surface area contributed by atoms with Crippen LogP contribution in [0.3, 0.4) is 0 Å². The van der Waals surface area contributed by atoms with Crippen LogP contribution < -0.4 is 0 Å². The van der Waals surface area contributed by atoms with Crippen LogP contribution in [0.2, 0.25) is 0 Å². The van der Waals surface area contributed by atoms with Gasteiger partial charge in [-0.15, -0.1) is 28.2 Å². The highest BCUT2D eigenvalue weighted by atomic mass is 32.2. The summed E-state index contributed by atoms with van der Waals surface area (Å²) in [5, 5.41) is 14.6. The van der Waals surface area contributed by atoms with E-state index in [1.165, 1.54) is 16.7 Å². The molecule has 20 heavy (non-hydrogen) atoms. The van der Waals surface area contributed by atoms with Gasteiger partial charge in [0.25, 0.3) is 0 Å². The van der Waals surface area contributed by atoms with Gasteiger partial charge in [0.05, 0.1) is 5.69 Å². The molecular formula is C12H11N5S3. The summed E-state index contributed by atoms with van der Waals surface area (Å²) in [4.78, 5) is 5.63. The van der Waals surface area contributed by atoms with E-state index in [2.05, 4.69) is 38.9 Å². The van der Waals surface area contributed by atoms with Gasteiger partial charge in [-0.3, -0.25) is 0 Å². The van der Waals surface area contributed by atoms with E-state index in [1.807, 2.05) is 24.4 Å². The molecule has 0 saturated heterocycles. The number of aryl methyl sites for hydroxylation is 1. The minimum Gasteiger partial charge on any atom is -0.235 e. The van der Waals surface area contributed by atoms with Crippen molar-refractivity contribution in [3.8, 4) is 5.69 Å². The molecule has 3 rings (SSSR count). The molecule has 0 aliphatic rings. The molecule has 0 aliphatic heterocycles. The first-order valence-electron chi connectivity index (χ1n) is 5.79. The molecule has 0 radical (unpaired) electrons. The van der Waals surface area contributed by atoms with Crippen LogP contribution in [0.4, 0.5) is 0 Å². The van der Waals surface area contributed by atoms with Gasteiger partial charge >= 0.3 is 0 Å². The van der Waals surface area contributed by atoms with Crippen LogP contribution in [0.15, 0.2) is 44.0 Å². The van der Waals surface area contributed by atoms with Crippen LogP contribution in [0.1, 0.15) is 5.69 Å². The molecule has 0 unspecified atom stereocenters. The Morgan fingerprint density at radius 3 is 2.65 bits per heavy atom. The van der Waals surface area contributed by atoms with Crippen molar-refractivity contribution in [1.82, 2.24) is 25.2 Å². The maximum Gasteiger partial charge on any atom is 0.221 e. The number of nitrogens with zero attached hydrogens (tertiary/aromatic N) is 5. The largest absolute Gasteiger partial charge is 0.235 e. The predicted octanol–water partition coefficient (Wildman–Crippen LogP) is 3.30. The van der Waals surface area contributed by atoms with Crippen molar-refractivity contribution < 1.29 is 0 Å². The molecule has 8 heteroatoms. The first-order chi connectivity index (χ1) is 9.76. The zero-order valence-corrected chi connectivity index (χ0v) is 13.3. The van der Waals surface area contributed by atoms with Crippen LogP contribution in [-0.2, 0) is 0 Å². The molecule has 0 fully saturated rings. The Labute approximate surface area is 128 Å². The lowest BCUT2D eigenvalue weighted by molar-refractivity contribution is 0.755. The minimum atomic E-state index is 0.719. The topological polar surface area (TPSA) is 56.5 Å². The van der Waals surface area contributed by atoms with Crippen molar-refractivity contribution in [3.63, 3.8) is 0 Å². The molecule has 2 aromatic heterocycles. The third-order valence-electron chi connectivity index (χ3n) is 2.53. The second-order valence-electron chi connectivity index (χ2n) is 3.93. The molecule has 2 heterocycles. The zero-order valence-electron chi connectivity index (χ0n) is 10.8. The summed E-state index contributed by atoms with van der Waals surface area (Å²) < 4.78 is 2.67. The molecule has 0 aliphatic carbocycles. The number of hydrogen-bond donors (Lipinski definition) is 0. The van der Waals surface area contributed by atoms with Gasteiger partial charge in [0.15, 0.2) is 4.34 Å². The smallest absolute Gasteiger partial charge is 0.221 e. The monoisotopic (exact) mass is 321 g/mol. The number of tetrazole rings is 1. The van der Waals surface area contributed by atoms with Crippen molar-refractivity contribution in [3.05, 3.63) is 35.3 Å². The predicted molar refractivity (Wildman–Crippen MR) is 81.9 cm³/mol. The second-order valence-corrected chi connectivity index (χ2v) is 6.88. The molecule has 0 atom stereocenters. The maximum atomic E-state index is 4.42. The summed E-state index contributed by atoms with van der Waals surface area (Å²) >= 11 is 4.78. The molecule has 3 aromatic rings. The number of benzene rings is 1. The fourth-order valence-corrected chi connectivity index (χ4v) is 3.73. The van der Waals surface area contributed by atoms with E-state index in [-0.39, 0.29) is 0 Å². The zero-order chi connectivity index (χ0) is 13.9. The van der Waals surface area contributed by atoms with Crippen molar-refractivity contribution in [1.29, 1.82) is 0 Å². The van der Waals surface area contributed by atoms with Crippen LogP contribution in [0.5, 0.6) is 0 Å². The van der Waals surface area contributed by atoms with Gasteiger partial charge in [0, 0.05) is 16.0 Å². The van der Waals surface area contributed by atoms with E-state index in [0.717, 1.165) is 20.9 Å². The lowest BCUT2D eigenvalue weighted by atomic mass is 10.3. The highest BCUT2D eigenvalue weighted by Gasteiger charge is 2.12. The van der Waals surface area contributed by atoms with E-state index in [9.17, 15) is 0 Å². The molecular weight excluding hydrogens is 310 g/mol. The average Bonchev–Trinajstić information content (AvgIpc) is 3.09. The Bertz CT molecular complexity index is 704. The van der Waals surface area contributed by atoms with Gasteiger partial charge in [0.2, 0.25) is 5.16 Å². The lowest BCUT2D eigenvalue weighted by Gasteiger charge is -2.03. The van der Waals surface area contributed by atoms with Gasteiger partial charge in [-0.2, -0.15) is 4.68 Å². The van der Waals surface area contributed by atoms with E-state index < -0.39 is 0 Å². The summed E-state index contributed by atoms with van der Waals surface area (Å²) in [5.74, 6) is 0. The summed E-state index contributed by atoms with van der Waals surface area (Å²) in [5.41, 5.74) is 1.96. The molecule has 5 nitrogen and oxygen atoms in total. The third kappa shape index (κ3) is 2.87. The maximum absolute atomic E-state index is 4.42. The SMILES string of the molecule is CSc1ccc(-n2nnnc2Sc2nc(C)cs2)cc1. The Morgan fingerprint density at radius 1 is 1.20 bits per heavy atom. The molecule has 0 spiro atoms. The highest BCUT2D eigenvalue weighted by Crippen LogP contribution is 2.29. The van der Waals surface area contributed by atoms with Gasteiger partial charge in [-0.1, -0.05) is 0 Å². The van der Waals surface area contributed by atoms with Gasteiger partial charge in [-0.25, -0.2) is 4.98 Å². The Morgan fingerprint density at radius 2 is 2.00 bits per heavy atom. The van der Waals surface area contributed by atoms with Crippen LogP contribution in [0, 0.1) is 6.92 Å².